The Hall–Kier alpha value is -0.980. The van der Waals surface area contributed by atoms with Crippen molar-refractivity contribution in [3.63, 3.8) is 0 Å². The number of halogens is 2. The summed E-state index contributed by atoms with van der Waals surface area (Å²) in [6.45, 7) is 0. The fraction of sp³-hybridized carbons (Fsp3) is 0.143. The Kier molecular flexibility index (Phi) is 3.87. The van der Waals surface area contributed by atoms with Crippen LogP contribution in [-0.4, -0.2) is 0 Å². The molecule has 0 nitrogen and oxygen atoms in total. The van der Waals surface area contributed by atoms with Crippen LogP contribution in [0.3, 0.4) is 0 Å². The van der Waals surface area contributed by atoms with Gasteiger partial charge in [0.15, 0.2) is 0 Å². The van der Waals surface area contributed by atoms with E-state index in [0.717, 1.165) is 17.0 Å². The minimum Gasteiger partial charge on any atom is -0.122 e. The molecule has 2 rings (SSSR count). The molecule has 0 radical (unpaired) electrons. The van der Waals surface area contributed by atoms with Crippen LogP contribution in [0.2, 0.25) is 5.02 Å². The lowest BCUT2D eigenvalue weighted by Gasteiger charge is -2.03. The van der Waals surface area contributed by atoms with Crippen molar-refractivity contribution in [2.24, 2.45) is 0 Å². The Bertz CT molecular complexity index is 460. The SMILES string of the molecule is ClCc1ccc(Cc2cccc(Cl)c2)cc1. The summed E-state index contributed by atoms with van der Waals surface area (Å²) in [4.78, 5) is 0. The molecule has 0 saturated carbocycles. The van der Waals surface area contributed by atoms with E-state index in [4.69, 9.17) is 23.2 Å². The average Bonchev–Trinajstić information content (AvgIpc) is 2.30. The van der Waals surface area contributed by atoms with Gasteiger partial charge in [-0.05, 0) is 35.2 Å². The minimum atomic E-state index is 0.567. The summed E-state index contributed by atoms with van der Waals surface area (Å²) >= 11 is 11.7. The molecule has 16 heavy (non-hydrogen) atoms. The van der Waals surface area contributed by atoms with Gasteiger partial charge < -0.3 is 0 Å². The Morgan fingerprint density at radius 2 is 1.50 bits per heavy atom. The van der Waals surface area contributed by atoms with Crippen LogP contribution >= 0.6 is 23.2 Å². The quantitative estimate of drug-likeness (QED) is 0.695. The van der Waals surface area contributed by atoms with E-state index in [1.165, 1.54) is 11.1 Å². The summed E-state index contributed by atoms with van der Waals surface area (Å²) < 4.78 is 0. The third-order valence-electron chi connectivity index (χ3n) is 2.47. The molecule has 0 aliphatic carbocycles. The normalized spacial score (nSPS) is 10.4. The van der Waals surface area contributed by atoms with Gasteiger partial charge in [0.2, 0.25) is 0 Å². The number of hydrogen-bond donors (Lipinski definition) is 0. The molecule has 0 unspecified atom stereocenters. The summed E-state index contributed by atoms with van der Waals surface area (Å²) in [6, 6.07) is 16.3. The van der Waals surface area contributed by atoms with Crippen molar-refractivity contribution in [3.05, 3.63) is 70.2 Å². The van der Waals surface area contributed by atoms with Crippen molar-refractivity contribution in [1.82, 2.24) is 0 Å². The number of rotatable bonds is 3. The third kappa shape index (κ3) is 3.01. The molecule has 0 bridgehead atoms. The molecule has 0 N–H and O–H groups in total. The lowest BCUT2D eigenvalue weighted by Crippen LogP contribution is -1.88. The molecule has 2 aromatic rings. The largest absolute Gasteiger partial charge is 0.122 e. The van der Waals surface area contributed by atoms with Gasteiger partial charge in [-0.1, -0.05) is 48.0 Å². The lowest BCUT2D eigenvalue weighted by atomic mass is 10.0. The van der Waals surface area contributed by atoms with Crippen molar-refractivity contribution in [1.29, 1.82) is 0 Å². The standard InChI is InChI=1S/C14H12Cl2/c15-10-12-6-4-11(5-7-12)8-13-2-1-3-14(16)9-13/h1-7,9H,8,10H2. The Balaban J connectivity index is 2.14. The van der Waals surface area contributed by atoms with E-state index < -0.39 is 0 Å². The summed E-state index contributed by atoms with van der Waals surface area (Å²) in [5.74, 6) is 0.567. The predicted octanol–water partition coefficient (Wildman–Crippen LogP) is 4.67. The molecule has 0 amide bonds. The molecule has 2 aromatic carbocycles. The summed E-state index contributed by atoms with van der Waals surface area (Å²) in [5.41, 5.74) is 3.65. The highest BCUT2D eigenvalue weighted by molar-refractivity contribution is 6.30. The van der Waals surface area contributed by atoms with Crippen LogP contribution in [-0.2, 0) is 12.3 Å². The fourth-order valence-electron chi connectivity index (χ4n) is 1.63. The highest BCUT2D eigenvalue weighted by Crippen LogP contribution is 2.15. The molecule has 82 valence electrons. The van der Waals surface area contributed by atoms with Crippen LogP contribution < -0.4 is 0 Å². The van der Waals surface area contributed by atoms with Crippen molar-refractivity contribution in [2.75, 3.05) is 0 Å². The number of hydrogen-bond acceptors (Lipinski definition) is 0. The molecular formula is C14H12Cl2. The molecule has 0 spiro atoms. The van der Waals surface area contributed by atoms with Gasteiger partial charge in [-0.15, -0.1) is 11.6 Å². The number of alkyl halides is 1. The first kappa shape index (κ1) is 11.5. The van der Waals surface area contributed by atoms with Gasteiger partial charge in [-0.2, -0.15) is 0 Å². The predicted molar refractivity (Wildman–Crippen MR) is 70.3 cm³/mol. The zero-order valence-corrected chi connectivity index (χ0v) is 10.3. The summed E-state index contributed by atoms with van der Waals surface area (Å²) in [5, 5.41) is 0.787. The van der Waals surface area contributed by atoms with Crippen molar-refractivity contribution in [3.8, 4) is 0 Å². The lowest BCUT2D eigenvalue weighted by molar-refractivity contribution is 1.18. The van der Waals surface area contributed by atoms with Gasteiger partial charge in [-0.25, -0.2) is 0 Å². The smallest absolute Gasteiger partial charge is 0.0474 e. The highest BCUT2D eigenvalue weighted by Gasteiger charge is 1.97. The molecule has 0 fully saturated rings. The fourth-order valence-corrected chi connectivity index (χ4v) is 2.02. The molecule has 0 saturated heterocycles. The molecule has 0 atom stereocenters. The van der Waals surface area contributed by atoms with E-state index in [1.54, 1.807) is 0 Å². The molecule has 2 heteroatoms. The van der Waals surface area contributed by atoms with E-state index in [9.17, 15) is 0 Å². The minimum absolute atomic E-state index is 0.567. The van der Waals surface area contributed by atoms with Crippen LogP contribution in [0.4, 0.5) is 0 Å². The van der Waals surface area contributed by atoms with Crippen LogP contribution in [0.1, 0.15) is 16.7 Å². The first-order chi connectivity index (χ1) is 7.78. The maximum absolute atomic E-state index is 5.94. The van der Waals surface area contributed by atoms with Crippen LogP contribution in [0.5, 0.6) is 0 Å². The van der Waals surface area contributed by atoms with Crippen LogP contribution in [0.15, 0.2) is 48.5 Å². The molecule has 0 aliphatic heterocycles. The maximum atomic E-state index is 5.94. The van der Waals surface area contributed by atoms with Gasteiger partial charge in [0.1, 0.15) is 0 Å². The van der Waals surface area contributed by atoms with Crippen molar-refractivity contribution in [2.45, 2.75) is 12.3 Å². The second kappa shape index (κ2) is 5.38. The van der Waals surface area contributed by atoms with E-state index in [0.29, 0.717) is 5.88 Å². The van der Waals surface area contributed by atoms with Crippen molar-refractivity contribution >= 4 is 23.2 Å². The van der Waals surface area contributed by atoms with Gasteiger partial charge in [0, 0.05) is 10.9 Å². The Morgan fingerprint density at radius 1 is 0.812 bits per heavy atom. The Morgan fingerprint density at radius 3 is 2.12 bits per heavy atom. The van der Waals surface area contributed by atoms with Crippen molar-refractivity contribution < 1.29 is 0 Å². The van der Waals surface area contributed by atoms with Gasteiger partial charge in [0.25, 0.3) is 0 Å². The Labute approximate surface area is 106 Å². The van der Waals surface area contributed by atoms with E-state index in [2.05, 4.69) is 30.3 Å². The molecule has 0 aromatic heterocycles. The average molecular weight is 251 g/mol. The monoisotopic (exact) mass is 250 g/mol. The first-order valence-electron chi connectivity index (χ1n) is 5.16. The van der Waals surface area contributed by atoms with E-state index in [-0.39, 0.29) is 0 Å². The van der Waals surface area contributed by atoms with E-state index in [1.807, 2.05) is 18.2 Å². The van der Waals surface area contributed by atoms with Gasteiger partial charge in [0.05, 0.1) is 0 Å². The first-order valence-corrected chi connectivity index (χ1v) is 6.07. The summed E-state index contributed by atoms with van der Waals surface area (Å²) in [7, 11) is 0. The zero-order chi connectivity index (χ0) is 11.4. The van der Waals surface area contributed by atoms with Gasteiger partial charge in [-0.3, -0.25) is 0 Å². The molecular weight excluding hydrogens is 239 g/mol. The van der Waals surface area contributed by atoms with Crippen LogP contribution in [0, 0.1) is 0 Å². The molecule has 0 heterocycles. The zero-order valence-electron chi connectivity index (χ0n) is 8.79. The highest BCUT2D eigenvalue weighted by atomic mass is 35.5. The van der Waals surface area contributed by atoms with Gasteiger partial charge >= 0.3 is 0 Å². The number of benzene rings is 2. The second-order valence-corrected chi connectivity index (χ2v) is 4.46. The maximum Gasteiger partial charge on any atom is 0.0474 e. The van der Waals surface area contributed by atoms with Crippen LogP contribution in [0.25, 0.3) is 0 Å². The van der Waals surface area contributed by atoms with E-state index >= 15 is 0 Å². The third-order valence-corrected chi connectivity index (χ3v) is 3.02. The summed E-state index contributed by atoms with van der Waals surface area (Å²) in [6.07, 6.45) is 0.906. The topological polar surface area (TPSA) is 0 Å². The second-order valence-electron chi connectivity index (χ2n) is 3.76. The molecule has 0 aliphatic rings.